The first-order chi connectivity index (χ1) is 15.4. The van der Waals surface area contributed by atoms with Gasteiger partial charge in [-0.05, 0) is 49.9 Å². The minimum Gasteiger partial charge on any atom is -0.618 e. The summed E-state index contributed by atoms with van der Waals surface area (Å²) in [6.07, 6.45) is 4.18. The number of hydrogen-bond acceptors (Lipinski definition) is 6. The van der Waals surface area contributed by atoms with Gasteiger partial charge in [-0.2, -0.15) is 9.83 Å². The molecule has 2 N–H and O–H groups in total. The predicted octanol–water partition coefficient (Wildman–Crippen LogP) is 2.54. The Kier molecular flexibility index (Phi) is 4.58. The van der Waals surface area contributed by atoms with Gasteiger partial charge in [-0.3, -0.25) is 4.79 Å². The predicted molar refractivity (Wildman–Crippen MR) is 108 cm³/mol. The number of anilines is 1. The monoisotopic (exact) mass is 438 g/mol. The fraction of sp³-hybridized carbons (Fsp3) is 0.273. The summed E-state index contributed by atoms with van der Waals surface area (Å²) < 4.78 is 20.7. The number of fused-ring (bicyclic) bond motifs is 2. The van der Waals surface area contributed by atoms with Gasteiger partial charge in [0, 0.05) is 24.2 Å². The summed E-state index contributed by atoms with van der Waals surface area (Å²) in [6.45, 7) is 0. The van der Waals surface area contributed by atoms with E-state index >= 15 is 0 Å². The molecule has 164 valence electrons. The van der Waals surface area contributed by atoms with E-state index < -0.39 is 11.6 Å². The number of nitrogens with zero attached hydrogens (tertiary/aromatic N) is 3. The van der Waals surface area contributed by atoms with Gasteiger partial charge in [0.25, 0.3) is 5.69 Å². The average Bonchev–Trinajstić information content (AvgIpc) is 3.35. The van der Waals surface area contributed by atoms with Gasteiger partial charge in [0.05, 0.1) is 5.69 Å². The van der Waals surface area contributed by atoms with Crippen molar-refractivity contribution in [1.29, 1.82) is 0 Å². The quantitative estimate of drug-likeness (QED) is 0.368. The molecule has 1 aliphatic carbocycles. The second kappa shape index (κ2) is 7.33. The van der Waals surface area contributed by atoms with Crippen LogP contribution in [0.3, 0.4) is 0 Å². The molecular formula is C22H19FN4O5. The number of halogens is 1. The van der Waals surface area contributed by atoms with Crippen LogP contribution in [0.1, 0.15) is 41.7 Å². The van der Waals surface area contributed by atoms with Crippen molar-refractivity contribution in [2.45, 2.75) is 31.3 Å². The molecule has 3 aromatic rings. The Morgan fingerprint density at radius 2 is 1.97 bits per heavy atom. The van der Waals surface area contributed by atoms with Gasteiger partial charge in [0.15, 0.2) is 23.2 Å². The smallest absolute Gasteiger partial charge is 0.349 e. The molecule has 0 radical (unpaired) electrons. The molecule has 1 amide bonds. The zero-order valence-corrected chi connectivity index (χ0v) is 16.8. The third kappa shape index (κ3) is 3.24. The molecule has 2 aromatic heterocycles. The lowest BCUT2D eigenvalue weighted by molar-refractivity contribution is -0.621. The maximum Gasteiger partial charge on any atom is 0.349 e. The average molecular weight is 438 g/mol. The maximum absolute atomic E-state index is 13.1. The highest BCUT2D eigenvalue weighted by Crippen LogP contribution is 2.48. The zero-order valence-electron chi connectivity index (χ0n) is 16.8. The van der Waals surface area contributed by atoms with Crippen LogP contribution in [0.4, 0.5) is 10.2 Å². The molecule has 0 saturated heterocycles. The van der Waals surface area contributed by atoms with Crippen molar-refractivity contribution in [3.63, 3.8) is 0 Å². The highest BCUT2D eigenvalue weighted by atomic mass is 19.1. The topological polar surface area (TPSA) is 120 Å². The van der Waals surface area contributed by atoms with E-state index in [-0.39, 0.29) is 34.6 Å². The standard InChI is InChI=1S/C22H19FN4O5/c23-14-1-3-15(4-2-14)26-11-8-17(25-26)24-20(29)13-5-9-22(10-6-13)19-18(21(30)32-22)16(28)7-12-27(19)31/h1-4,7-8,11-13,28H,5-6,9-10H2,(H,24,25,29). The first-order valence-electron chi connectivity index (χ1n) is 10.2. The molecule has 0 atom stereocenters. The van der Waals surface area contributed by atoms with E-state index in [1.165, 1.54) is 16.8 Å². The van der Waals surface area contributed by atoms with Crippen molar-refractivity contribution in [3.05, 3.63) is 71.1 Å². The van der Waals surface area contributed by atoms with Crippen LogP contribution in [0.15, 0.2) is 48.8 Å². The number of benzene rings is 1. The lowest BCUT2D eigenvalue weighted by atomic mass is 9.76. The first kappa shape index (κ1) is 20.0. The molecule has 1 spiro atoms. The molecule has 0 unspecified atom stereocenters. The molecule has 1 fully saturated rings. The second-order valence-electron chi connectivity index (χ2n) is 8.02. The number of carbonyl (C=O) groups excluding carboxylic acids is 2. The Morgan fingerprint density at radius 1 is 1.25 bits per heavy atom. The number of esters is 1. The van der Waals surface area contributed by atoms with Crippen LogP contribution in [-0.2, 0) is 15.1 Å². The molecule has 3 heterocycles. The van der Waals surface area contributed by atoms with Crippen LogP contribution in [-0.4, -0.2) is 26.8 Å². The molecule has 32 heavy (non-hydrogen) atoms. The molecule has 10 heteroatoms. The summed E-state index contributed by atoms with van der Waals surface area (Å²) >= 11 is 0. The normalized spacial score (nSPS) is 21.9. The summed E-state index contributed by atoms with van der Waals surface area (Å²) in [6, 6.07) is 8.61. The molecule has 2 aliphatic rings. The minimum atomic E-state index is -1.13. The van der Waals surface area contributed by atoms with E-state index in [2.05, 4.69) is 10.4 Å². The lowest BCUT2D eigenvalue weighted by Crippen LogP contribution is -2.44. The van der Waals surface area contributed by atoms with Gasteiger partial charge >= 0.3 is 5.97 Å². The third-order valence-electron chi connectivity index (χ3n) is 6.10. The molecular weight excluding hydrogens is 419 g/mol. The van der Waals surface area contributed by atoms with Gasteiger partial charge in [-0.1, -0.05) is 0 Å². The SMILES string of the molecule is O=C1OC2(CCC(C(=O)Nc3ccn(-c4ccc(F)cc4)n3)CC2)c2c1c(O)cc[n+]2[O-]. The van der Waals surface area contributed by atoms with Gasteiger partial charge in [-0.25, -0.2) is 13.9 Å². The molecule has 1 aromatic carbocycles. The summed E-state index contributed by atoms with van der Waals surface area (Å²) in [7, 11) is 0. The van der Waals surface area contributed by atoms with Crippen LogP contribution >= 0.6 is 0 Å². The highest BCUT2D eigenvalue weighted by Gasteiger charge is 2.55. The molecule has 0 bridgehead atoms. The number of rotatable bonds is 3. The summed E-state index contributed by atoms with van der Waals surface area (Å²) in [4.78, 5) is 25.0. The van der Waals surface area contributed by atoms with Gasteiger partial charge in [-0.15, -0.1) is 0 Å². The fourth-order valence-corrected chi connectivity index (χ4v) is 4.48. The third-order valence-corrected chi connectivity index (χ3v) is 6.10. The van der Waals surface area contributed by atoms with Crippen LogP contribution in [0.25, 0.3) is 5.69 Å². The van der Waals surface area contributed by atoms with Crippen molar-refractivity contribution in [2.24, 2.45) is 5.92 Å². The number of nitrogens with one attached hydrogen (secondary N) is 1. The largest absolute Gasteiger partial charge is 0.618 e. The van der Waals surface area contributed by atoms with Crippen molar-refractivity contribution in [1.82, 2.24) is 9.78 Å². The second-order valence-corrected chi connectivity index (χ2v) is 8.02. The number of ether oxygens (including phenoxy) is 1. The Hall–Kier alpha value is -3.95. The van der Waals surface area contributed by atoms with Gasteiger partial charge < -0.3 is 20.4 Å². The van der Waals surface area contributed by atoms with Crippen LogP contribution in [0, 0.1) is 16.9 Å². The van der Waals surface area contributed by atoms with Crippen LogP contribution < -0.4 is 10.0 Å². The number of pyridine rings is 1. The molecule has 1 aliphatic heterocycles. The number of hydrogen-bond donors (Lipinski definition) is 2. The van der Waals surface area contributed by atoms with E-state index in [0.29, 0.717) is 41.9 Å². The van der Waals surface area contributed by atoms with Gasteiger partial charge in [0.2, 0.25) is 5.91 Å². The van der Waals surface area contributed by atoms with E-state index in [0.717, 1.165) is 12.3 Å². The fourth-order valence-electron chi connectivity index (χ4n) is 4.48. The summed E-state index contributed by atoms with van der Waals surface area (Å²) in [5, 5.41) is 29.4. The van der Waals surface area contributed by atoms with E-state index in [4.69, 9.17) is 4.74 Å². The molecule has 1 saturated carbocycles. The zero-order chi connectivity index (χ0) is 22.5. The Morgan fingerprint density at radius 3 is 2.69 bits per heavy atom. The summed E-state index contributed by atoms with van der Waals surface area (Å²) in [5.41, 5.74) is -0.466. The minimum absolute atomic E-state index is 0.100. The summed E-state index contributed by atoms with van der Waals surface area (Å²) in [5.74, 6) is -1.57. The first-order valence-corrected chi connectivity index (χ1v) is 10.2. The van der Waals surface area contributed by atoms with E-state index in [9.17, 15) is 24.3 Å². The van der Waals surface area contributed by atoms with Crippen molar-refractivity contribution < 1.29 is 28.6 Å². The number of aromatic hydroxyl groups is 1. The van der Waals surface area contributed by atoms with Gasteiger partial charge in [0.1, 0.15) is 11.6 Å². The Bertz CT molecular complexity index is 1220. The van der Waals surface area contributed by atoms with Crippen LogP contribution in [0.2, 0.25) is 0 Å². The maximum atomic E-state index is 13.1. The Balaban J connectivity index is 1.27. The molecule has 5 rings (SSSR count). The van der Waals surface area contributed by atoms with Crippen molar-refractivity contribution >= 4 is 17.7 Å². The number of carbonyl (C=O) groups is 2. The van der Waals surface area contributed by atoms with E-state index in [1.807, 2.05) is 0 Å². The number of aromatic nitrogens is 3. The van der Waals surface area contributed by atoms with Crippen molar-refractivity contribution in [2.75, 3.05) is 5.32 Å². The lowest BCUT2D eigenvalue weighted by Gasteiger charge is -2.33. The Labute approximate surface area is 181 Å². The van der Waals surface area contributed by atoms with Crippen LogP contribution in [0.5, 0.6) is 5.75 Å². The van der Waals surface area contributed by atoms with Crippen molar-refractivity contribution in [3.8, 4) is 11.4 Å². The highest BCUT2D eigenvalue weighted by molar-refractivity contribution is 5.96. The molecule has 9 nitrogen and oxygen atoms in total. The van der Waals surface area contributed by atoms with E-state index in [1.54, 1.807) is 24.4 Å². The number of amides is 1.